The molecular formula is C8H18INO2S. The molecule has 0 radical (unpaired) electrons. The van der Waals surface area contributed by atoms with Crippen molar-refractivity contribution in [2.24, 2.45) is 0 Å². The molecule has 0 aromatic rings. The molecule has 1 N–H and O–H groups in total. The van der Waals surface area contributed by atoms with Crippen LogP contribution in [-0.2, 0) is 9.84 Å². The summed E-state index contributed by atoms with van der Waals surface area (Å²) in [6.45, 7) is 6.64. The Labute approximate surface area is 94.7 Å². The molecule has 0 saturated heterocycles. The van der Waals surface area contributed by atoms with Crippen LogP contribution in [0.2, 0.25) is 0 Å². The normalized spacial score (nSPS) is 13.2. The molecule has 0 rings (SSSR count). The Hall–Kier alpha value is 0.640. The second-order valence-electron chi connectivity index (χ2n) is 3.87. The van der Waals surface area contributed by atoms with Gasteiger partial charge in [0.1, 0.15) is 0 Å². The summed E-state index contributed by atoms with van der Waals surface area (Å²) in [5.74, 6) is 0.229. The van der Waals surface area contributed by atoms with E-state index < -0.39 is 14.6 Å². The SMILES string of the molecule is CC(C)(C)S(=O)(=O)CCNCCI. The summed E-state index contributed by atoms with van der Waals surface area (Å²) in [6.07, 6.45) is 0. The molecule has 0 heterocycles. The monoisotopic (exact) mass is 319 g/mol. The van der Waals surface area contributed by atoms with Gasteiger partial charge in [-0.1, -0.05) is 22.6 Å². The van der Waals surface area contributed by atoms with Crippen molar-refractivity contribution in [1.82, 2.24) is 5.32 Å². The van der Waals surface area contributed by atoms with Gasteiger partial charge in [-0.3, -0.25) is 0 Å². The van der Waals surface area contributed by atoms with Gasteiger partial charge < -0.3 is 5.32 Å². The smallest absolute Gasteiger partial charge is 0.156 e. The fourth-order valence-corrected chi connectivity index (χ4v) is 2.11. The van der Waals surface area contributed by atoms with Crippen LogP contribution >= 0.6 is 22.6 Å². The predicted octanol–water partition coefficient (Wildman–Crippen LogP) is 1.22. The van der Waals surface area contributed by atoms with Gasteiger partial charge in [0, 0.05) is 17.5 Å². The van der Waals surface area contributed by atoms with E-state index in [4.69, 9.17) is 0 Å². The molecule has 0 bridgehead atoms. The van der Waals surface area contributed by atoms with Crippen molar-refractivity contribution in [3.63, 3.8) is 0 Å². The highest BCUT2D eigenvalue weighted by atomic mass is 127. The minimum absolute atomic E-state index is 0.229. The van der Waals surface area contributed by atoms with Gasteiger partial charge in [0.15, 0.2) is 9.84 Å². The lowest BCUT2D eigenvalue weighted by molar-refractivity contribution is 0.557. The average molecular weight is 319 g/mol. The summed E-state index contributed by atoms with van der Waals surface area (Å²) in [4.78, 5) is 0. The summed E-state index contributed by atoms with van der Waals surface area (Å²) in [5, 5.41) is 3.08. The molecule has 5 heteroatoms. The van der Waals surface area contributed by atoms with E-state index in [-0.39, 0.29) is 5.75 Å². The maximum absolute atomic E-state index is 11.6. The van der Waals surface area contributed by atoms with Gasteiger partial charge in [0.2, 0.25) is 0 Å². The highest BCUT2D eigenvalue weighted by Gasteiger charge is 2.27. The van der Waals surface area contributed by atoms with E-state index in [1.807, 2.05) is 0 Å². The van der Waals surface area contributed by atoms with Crippen molar-refractivity contribution in [3.05, 3.63) is 0 Å². The van der Waals surface area contributed by atoms with E-state index in [0.717, 1.165) is 11.0 Å². The molecule has 3 nitrogen and oxygen atoms in total. The van der Waals surface area contributed by atoms with Crippen molar-refractivity contribution in [3.8, 4) is 0 Å². The number of sulfone groups is 1. The molecular weight excluding hydrogens is 301 g/mol. The third kappa shape index (κ3) is 5.17. The quantitative estimate of drug-likeness (QED) is 0.471. The van der Waals surface area contributed by atoms with Crippen molar-refractivity contribution in [2.45, 2.75) is 25.5 Å². The molecule has 0 atom stereocenters. The van der Waals surface area contributed by atoms with Crippen LogP contribution in [-0.4, -0.2) is 36.4 Å². The summed E-state index contributed by atoms with van der Waals surface area (Å²) >= 11 is 2.25. The Morgan fingerprint density at radius 1 is 1.23 bits per heavy atom. The van der Waals surface area contributed by atoms with Gasteiger partial charge in [-0.25, -0.2) is 8.42 Å². The number of hydrogen-bond acceptors (Lipinski definition) is 3. The fraction of sp³-hybridized carbons (Fsp3) is 1.00. The molecule has 0 saturated carbocycles. The average Bonchev–Trinajstić information content (AvgIpc) is 1.96. The zero-order valence-electron chi connectivity index (χ0n) is 8.43. The van der Waals surface area contributed by atoms with Crippen LogP contribution in [0.15, 0.2) is 0 Å². The first kappa shape index (κ1) is 13.6. The van der Waals surface area contributed by atoms with E-state index >= 15 is 0 Å². The summed E-state index contributed by atoms with van der Waals surface area (Å²) in [5.41, 5.74) is 0. The summed E-state index contributed by atoms with van der Waals surface area (Å²) in [7, 11) is -2.94. The van der Waals surface area contributed by atoms with Crippen molar-refractivity contribution in [1.29, 1.82) is 0 Å². The number of rotatable bonds is 5. The third-order valence-corrected chi connectivity index (χ3v) is 4.90. The molecule has 0 spiro atoms. The molecule has 0 aliphatic rings. The molecule has 0 aliphatic heterocycles. The molecule has 0 aliphatic carbocycles. The van der Waals surface area contributed by atoms with Gasteiger partial charge in [-0.05, 0) is 20.8 Å². The fourth-order valence-electron chi connectivity index (χ4n) is 0.705. The van der Waals surface area contributed by atoms with Crippen LogP contribution in [0.1, 0.15) is 20.8 Å². The Kier molecular flexibility index (Phi) is 5.77. The molecule has 13 heavy (non-hydrogen) atoms. The molecule has 80 valence electrons. The van der Waals surface area contributed by atoms with Gasteiger partial charge in [0.05, 0.1) is 10.5 Å². The van der Waals surface area contributed by atoms with E-state index in [1.165, 1.54) is 0 Å². The van der Waals surface area contributed by atoms with E-state index in [1.54, 1.807) is 20.8 Å². The first-order valence-corrected chi connectivity index (χ1v) is 7.48. The Morgan fingerprint density at radius 3 is 2.15 bits per heavy atom. The van der Waals surface area contributed by atoms with Crippen LogP contribution in [0.3, 0.4) is 0 Å². The maximum atomic E-state index is 11.6. The van der Waals surface area contributed by atoms with Crippen LogP contribution in [0.4, 0.5) is 0 Å². The number of nitrogens with one attached hydrogen (secondary N) is 1. The standard InChI is InChI=1S/C8H18INO2S/c1-8(2,3)13(11,12)7-6-10-5-4-9/h10H,4-7H2,1-3H3. The van der Waals surface area contributed by atoms with Crippen molar-refractivity contribution < 1.29 is 8.42 Å². The van der Waals surface area contributed by atoms with Crippen molar-refractivity contribution >= 4 is 32.4 Å². The highest BCUT2D eigenvalue weighted by molar-refractivity contribution is 14.1. The van der Waals surface area contributed by atoms with Crippen LogP contribution < -0.4 is 5.32 Å². The van der Waals surface area contributed by atoms with Gasteiger partial charge in [-0.15, -0.1) is 0 Å². The zero-order chi connectivity index (χ0) is 10.5. The second-order valence-corrected chi connectivity index (χ2v) is 7.81. The number of halogens is 1. The first-order chi connectivity index (χ1) is 5.81. The molecule has 0 unspecified atom stereocenters. The Morgan fingerprint density at radius 2 is 1.77 bits per heavy atom. The molecule has 0 aromatic heterocycles. The lowest BCUT2D eigenvalue weighted by Gasteiger charge is -2.18. The van der Waals surface area contributed by atoms with Crippen LogP contribution in [0.25, 0.3) is 0 Å². The summed E-state index contributed by atoms with van der Waals surface area (Å²) < 4.78 is 23.5. The molecule has 0 aromatic carbocycles. The highest BCUT2D eigenvalue weighted by Crippen LogP contribution is 2.14. The predicted molar refractivity (Wildman–Crippen MR) is 65.3 cm³/mol. The molecule has 0 amide bonds. The third-order valence-electron chi connectivity index (χ3n) is 1.75. The first-order valence-electron chi connectivity index (χ1n) is 4.30. The number of hydrogen-bond donors (Lipinski definition) is 1. The van der Waals surface area contributed by atoms with Gasteiger partial charge >= 0.3 is 0 Å². The second kappa shape index (κ2) is 5.50. The van der Waals surface area contributed by atoms with Crippen LogP contribution in [0, 0.1) is 0 Å². The lowest BCUT2D eigenvalue weighted by atomic mass is 10.3. The van der Waals surface area contributed by atoms with Crippen LogP contribution in [0.5, 0.6) is 0 Å². The zero-order valence-corrected chi connectivity index (χ0v) is 11.4. The number of alkyl halides is 1. The van der Waals surface area contributed by atoms with E-state index in [0.29, 0.717) is 6.54 Å². The maximum Gasteiger partial charge on any atom is 0.156 e. The molecule has 0 fully saturated rings. The van der Waals surface area contributed by atoms with E-state index in [9.17, 15) is 8.42 Å². The van der Waals surface area contributed by atoms with Crippen molar-refractivity contribution in [2.75, 3.05) is 23.3 Å². The Bertz CT molecular complexity index is 231. The lowest BCUT2D eigenvalue weighted by Crippen LogP contribution is -2.35. The summed E-state index contributed by atoms with van der Waals surface area (Å²) in [6, 6.07) is 0. The minimum atomic E-state index is -2.94. The minimum Gasteiger partial charge on any atom is -0.315 e. The van der Waals surface area contributed by atoms with E-state index in [2.05, 4.69) is 27.9 Å². The van der Waals surface area contributed by atoms with Gasteiger partial charge in [-0.2, -0.15) is 0 Å². The Balaban J connectivity index is 3.92. The largest absolute Gasteiger partial charge is 0.315 e. The van der Waals surface area contributed by atoms with Gasteiger partial charge in [0.25, 0.3) is 0 Å². The topological polar surface area (TPSA) is 46.2 Å².